The molecule has 10 nitrogen and oxygen atoms in total. The van der Waals surface area contributed by atoms with E-state index < -0.39 is 6.09 Å². The third-order valence-electron chi connectivity index (χ3n) is 5.97. The van der Waals surface area contributed by atoms with Gasteiger partial charge in [-0.15, -0.1) is 0 Å². The first-order valence-corrected chi connectivity index (χ1v) is 10.9. The number of likely N-dealkylation sites (tertiary alicyclic amines) is 1. The Morgan fingerprint density at radius 3 is 2.55 bits per heavy atom. The number of aryl methyl sites for hydroxylation is 2. The minimum absolute atomic E-state index is 0.121. The molecule has 1 aliphatic heterocycles. The van der Waals surface area contributed by atoms with E-state index in [2.05, 4.69) is 27.0 Å². The van der Waals surface area contributed by atoms with Gasteiger partial charge in [-0.05, 0) is 75.6 Å². The number of hydrogen-bond donors (Lipinski definition) is 2. The number of carbonyl (C=O) groups is 1. The molecule has 1 aromatic carbocycles. The number of rotatable bonds is 6. The lowest BCUT2D eigenvalue weighted by Gasteiger charge is -2.28. The molecular weight excluding hydrogens is 422 g/mol. The van der Waals surface area contributed by atoms with E-state index >= 15 is 0 Å². The summed E-state index contributed by atoms with van der Waals surface area (Å²) in [6, 6.07) is 4.26. The van der Waals surface area contributed by atoms with Crippen LogP contribution in [-0.4, -0.2) is 50.9 Å². The number of anilines is 1. The molecule has 0 spiro atoms. The molecule has 4 rings (SSSR count). The topological polar surface area (TPSA) is 134 Å². The number of piperidine rings is 1. The molecule has 4 N–H and O–H groups in total. The van der Waals surface area contributed by atoms with Gasteiger partial charge in [-0.3, -0.25) is 4.68 Å². The van der Waals surface area contributed by atoms with Crippen LogP contribution in [0.2, 0.25) is 0 Å². The van der Waals surface area contributed by atoms with Crippen LogP contribution in [0, 0.1) is 13.8 Å². The zero-order valence-electron chi connectivity index (χ0n) is 19.1. The molecule has 10 heteroatoms. The number of carbonyl (C=O) groups excluding carboxylic acids is 1. The molecule has 0 bridgehead atoms. The number of hydrogen-bond acceptors (Lipinski definition) is 8. The summed E-state index contributed by atoms with van der Waals surface area (Å²) in [5, 5.41) is 4.47. The van der Waals surface area contributed by atoms with Crippen LogP contribution in [0.5, 0.6) is 11.6 Å². The molecule has 1 fully saturated rings. The lowest BCUT2D eigenvalue weighted by Crippen LogP contribution is -2.31. The van der Waals surface area contributed by atoms with Crippen molar-refractivity contribution in [2.45, 2.75) is 39.3 Å². The van der Waals surface area contributed by atoms with E-state index in [1.54, 1.807) is 12.4 Å². The average Bonchev–Trinajstić information content (AvgIpc) is 3.23. The lowest BCUT2D eigenvalue weighted by molar-refractivity contribution is 0.150. The number of amides is 1. The van der Waals surface area contributed by atoms with E-state index in [9.17, 15) is 4.79 Å². The summed E-state index contributed by atoms with van der Waals surface area (Å²) in [7, 11) is 2.13. The van der Waals surface area contributed by atoms with E-state index in [4.69, 9.17) is 20.9 Å². The van der Waals surface area contributed by atoms with Crippen molar-refractivity contribution in [3.05, 3.63) is 47.4 Å². The van der Waals surface area contributed by atoms with Gasteiger partial charge in [0.2, 0.25) is 0 Å². The van der Waals surface area contributed by atoms with Gasteiger partial charge >= 0.3 is 6.09 Å². The summed E-state index contributed by atoms with van der Waals surface area (Å²) in [5.41, 5.74) is 15.4. The minimum atomic E-state index is -0.803. The maximum absolute atomic E-state index is 11.0. The Hall–Kier alpha value is -3.66. The summed E-state index contributed by atoms with van der Waals surface area (Å²) >= 11 is 0. The third kappa shape index (κ3) is 5.23. The largest absolute Gasteiger partial charge is 0.445 e. The number of ether oxygens (including phenoxy) is 2. The number of nitrogens with zero attached hydrogens (tertiary/aromatic N) is 5. The first kappa shape index (κ1) is 22.5. The van der Waals surface area contributed by atoms with Crippen LogP contribution in [0.3, 0.4) is 0 Å². The van der Waals surface area contributed by atoms with Gasteiger partial charge in [-0.1, -0.05) is 0 Å². The van der Waals surface area contributed by atoms with E-state index in [-0.39, 0.29) is 18.3 Å². The van der Waals surface area contributed by atoms with Gasteiger partial charge < -0.3 is 25.8 Å². The van der Waals surface area contributed by atoms with Gasteiger partial charge in [0.25, 0.3) is 5.88 Å². The van der Waals surface area contributed by atoms with Crippen LogP contribution in [0.1, 0.15) is 35.6 Å². The molecule has 174 valence electrons. The molecular formula is C23H29N7O3. The second-order valence-electron chi connectivity index (χ2n) is 8.43. The third-order valence-corrected chi connectivity index (χ3v) is 5.97. The monoisotopic (exact) mass is 451 g/mol. The van der Waals surface area contributed by atoms with Crippen molar-refractivity contribution in [2.75, 3.05) is 25.9 Å². The summed E-state index contributed by atoms with van der Waals surface area (Å²) in [6.45, 7) is 6.10. The minimum Gasteiger partial charge on any atom is -0.445 e. The molecule has 1 amide bonds. The maximum Gasteiger partial charge on any atom is 0.404 e. The Bertz CT molecular complexity index is 1130. The maximum atomic E-state index is 11.0. The molecule has 1 aliphatic rings. The molecule has 2 aromatic heterocycles. The summed E-state index contributed by atoms with van der Waals surface area (Å²) in [6.07, 6.45) is 6.46. The van der Waals surface area contributed by atoms with Crippen molar-refractivity contribution in [2.24, 2.45) is 5.73 Å². The SMILES string of the molecule is Cc1cc(-c2cnc(N)c(Oc3cnn(C4CCN(C)CC4)c3)n2)cc(C)c1COC(N)=O. The number of benzene rings is 1. The highest BCUT2D eigenvalue weighted by atomic mass is 16.5. The number of primary amides is 1. The van der Waals surface area contributed by atoms with Crippen LogP contribution in [0.15, 0.2) is 30.7 Å². The van der Waals surface area contributed by atoms with Crippen molar-refractivity contribution < 1.29 is 14.3 Å². The molecule has 33 heavy (non-hydrogen) atoms. The normalized spacial score (nSPS) is 14.9. The fourth-order valence-electron chi connectivity index (χ4n) is 4.05. The highest BCUT2D eigenvalue weighted by Crippen LogP contribution is 2.30. The number of aromatic nitrogens is 4. The lowest BCUT2D eigenvalue weighted by atomic mass is 9.98. The Labute approximate surface area is 192 Å². The summed E-state index contributed by atoms with van der Waals surface area (Å²) < 4.78 is 12.9. The quantitative estimate of drug-likeness (QED) is 0.583. The Balaban J connectivity index is 1.53. The van der Waals surface area contributed by atoms with Gasteiger partial charge in [0.15, 0.2) is 11.6 Å². The van der Waals surface area contributed by atoms with Crippen molar-refractivity contribution >= 4 is 11.9 Å². The Morgan fingerprint density at radius 1 is 1.18 bits per heavy atom. The van der Waals surface area contributed by atoms with E-state index in [1.807, 2.05) is 36.9 Å². The summed E-state index contributed by atoms with van der Waals surface area (Å²) in [5.74, 6) is 0.996. The van der Waals surface area contributed by atoms with Gasteiger partial charge in [-0.2, -0.15) is 5.10 Å². The molecule has 1 saturated heterocycles. The van der Waals surface area contributed by atoms with Crippen molar-refractivity contribution in [1.29, 1.82) is 0 Å². The smallest absolute Gasteiger partial charge is 0.404 e. The summed E-state index contributed by atoms with van der Waals surface area (Å²) in [4.78, 5) is 22.1. The Kier molecular flexibility index (Phi) is 6.45. The molecule has 0 unspecified atom stereocenters. The molecule has 3 heterocycles. The molecule has 0 atom stereocenters. The van der Waals surface area contributed by atoms with Crippen LogP contribution in [0.4, 0.5) is 10.6 Å². The Morgan fingerprint density at radius 2 is 1.88 bits per heavy atom. The van der Waals surface area contributed by atoms with Crippen molar-refractivity contribution in [3.8, 4) is 22.9 Å². The molecule has 0 radical (unpaired) electrons. The predicted molar refractivity (Wildman–Crippen MR) is 124 cm³/mol. The van der Waals surface area contributed by atoms with Gasteiger partial charge in [0.1, 0.15) is 6.61 Å². The first-order valence-electron chi connectivity index (χ1n) is 10.9. The zero-order chi connectivity index (χ0) is 23.5. The van der Waals surface area contributed by atoms with Crippen LogP contribution in [-0.2, 0) is 11.3 Å². The fourth-order valence-corrected chi connectivity index (χ4v) is 4.05. The second-order valence-corrected chi connectivity index (χ2v) is 8.43. The zero-order valence-corrected chi connectivity index (χ0v) is 19.1. The molecule has 3 aromatic rings. The highest BCUT2D eigenvalue weighted by molar-refractivity contribution is 5.66. The second kappa shape index (κ2) is 9.45. The molecule has 0 saturated carbocycles. The van der Waals surface area contributed by atoms with E-state index in [0.29, 0.717) is 17.5 Å². The van der Waals surface area contributed by atoms with Gasteiger partial charge in [-0.25, -0.2) is 14.8 Å². The van der Waals surface area contributed by atoms with Crippen LogP contribution < -0.4 is 16.2 Å². The highest BCUT2D eigenvalue weighted by Gasteiger charge is 2.20. The average molecular weight is 452 g/mol. The molecule has 0 aliphatic carbocycles. The predicted octanol–water partition coefficient (Wildman–Crippen LogP) is 3.19. The first-order chi connectivity index (χ1) is 15.8. The van der Waals surface area contributed by atoms with Crippen LogP contribution in [0.25, 0.3) is 11.3 Å². The van der Waals surface area contributed by atoms with Gasteiger partial charge in [0, 0.05) is 5.56 Å². The van der Waals surface area contributed by atoms with Gasteiger partial charge in [0.05, 0.1) is 30.3 Å². The van der Waals surface area contributed by atoms with E-state index in [1.165, 1.54) is 0 Å². The fraction of sp³-hybridized carbons (Fsp3) is 0.391. The van der Waals surface area contributed by atoms with Crippen LogP contribution >= 0.6 is 0 Å². The van der Waals surface area contributed by atoms with Crippen molar-refractivity contribution in [3.63, 3.8) is 0 Å². The number of nitrogen functional groups attached to an aromatic ring is 1. The number of nitrogens with two attached hydrogens (primary N) is 2. The van der Waals surface area contributed by atoms with E-state index in [0.717, 1.165) is 48.2 Å². The van der Waals surface area contributed by atoms with Crippen molar-refractivity contribution in [1.82, 2.24) is 24.6 Å². The standard InChI is InChI=1S/C23H29N7O3/c1-14-8-16(9-15(2)19(14)13-32-23(25)31)20-11-26-21(24)22(28-20)33-18-10-27-30(12-18)17-4-6-29(3)7-5-17/h8-12,17H,4-7,13H2,1-3H3,(H2,24,26)(H2,25,31).